The lowest BCUT2D eigenvalue weighted by molar-refractivity contribution is 0.0218. The molecule has 0 saturated carbocycles. The molecule has 170 valence electrons. The van der Waals surface area contributed by atoms with E-state index in [4.69, 9.17) is 4.74 Å². The van der Waals surface area contributed by atoms with Gasteiger partial charge in [-0.25, -0.2) is 23.5 Å². The average Bonchev–Trinajstić information content (AvgIpc) is 3.15. The largest absolute Gasteiger partial charge is 0.444 e. The predicted molar refractivity (Wildman–Crippen MR) is 118 cm³/mol. The van der Waals surface area contributed by atoms with Crippen LogP contribution >= 0.6 is 0 Å². The third-order valence-electron chi connectivity index (χ3n) is 5.56. The zero-order valence-corrected chi connectivity index (χ0v) is 18.9. The van der Waals surface area contributed by atoms with Gasteiger partial charge >= 0.3 is 6.09 Å². The van der Waals surface area contributed by atoms with Crippen LogP contribution in [0, 0.1) is 18.6 Å². The zero-order valence-electron chi connectivity index (χ0n) is 18.9. The van der Waals surface area contributed by atoms with E-state index in [1.165, 1.54) is 25.4 Å². The van der Waals surface area contributed by atoms with Crippen molar-refractivity contribution in [2.45, 2.75) is 46.3 Å². The lowest BCUT2D eigenvalue weighted by Gasteiger charge is -2.40. The van der Waals surface area contributed by atoms with Crippen molar-refractivity contribution in [1.29, 1.82) is 0 Å². The molecule has 0 aliphatic carbocycles. The molecule has 0 spiro atoms. The molecule has 0 bridgehead atoms. The SMILES string of the molecule is Cc1c(F)cc(-n2ccc3c(N4CCN(C(=O)OC(C)(C)C)C[C@@H]4C)ncnc32)cc1F. The first-order chi connectivity index (χ1) is 15.0. The third kappa shape index (κ3) is 4.11. The lowest BCUT2D eigenvalue weighted by atomic mass is 10.1. The Morgan fingerprint density at radius 1 is 1.16 bits per heavy atom. The molecule has 3 heterocycles. The minimum atomic E-state index is -0.608. The summed E-state index contributed by atoms with van der Waals surface area (Å²) >= 11 is 0. The second-order valence-electron chi connectivity index (χ2n) is 9.12. The number of carbonyl (C=O) groups is 1. The first-order valence-corrected chi connectivity index (χ1v) is 10.6. The Bertz CT molecular complexity index is 1150. The number of halogens is 2. The molecule has 3 aromatic rings. The Labute approximate surface area is 185 Å². The summed E-state index contributed by atoms with van der Waals surface area (Å²) in [4.78, 5) is 25.1. The number of nitrogens with zero attached hydrogens (tertiary/aromatic N) is 5. The monoisotopic (exact) mass is 443 g/mol. The summed E-state index contributed by atoms with van der Waals surface area (Å²) < 4.78 is 35.4. The molecule has 1 fully saturated rings. The molecule has 1 aliphatic rings. The Morgan fingerprint density at radius 2 is 1.84 bits per heavy atom. The highest BCUT2D eigenvalue weighted by Gasteiger charge is 2.31. The third-order valence-corrected chi connectivity index (χ3v) is 5.56. The van der Waals surface area contributed by atoms with Gasteiger partial charge in [-0.05, 0) is 52.8 Å². The molecule has 0 N–H and O–H groups in total. The summed E-state index contributed by atoms with van der Waals surface area (Å²) in [6.45, 7) is 10.5. The first-order valence-electron chi connectivity index (χ1n) is 10.6. The van der Waals surface area contributed by atoms with Crippen molar-refractivity contribution in [3.8, 4) is 5.69 Å². The molecule has 0 radical (unpaired) electrons. The van der Waals surface area contributed by atoms with E-state index in [1.807, 2.05) is 33.8 Å². The van der Waals surface area contributed by atoms with E-state index in [0.29, 0.717) is 31.0 Å². The highest BCUT2D eigenvalue weighted by Crippen LogP contribution is 2.30. The van der Waals surface area contributed by atoms with E-state index >= 15 is 0 Å². The fraction of sp³-hybridized carbons (Fsp3) is 0.435. The highest BCUT2D eigenvalue weighted by atomic mass is 19.1. The van der Waals surface area contributed by atoms with Gasteiger partial charge in [0.05, 0.1) is 11.1 Å². The second kappa shape index (κ2) is 8.03. The van der Waals surface area contributed by atoms with Gasteiger partial charge in [-0.15, -0.1) is 0 Å². The molecular weight excluding hydrogens is 416 g/mol. The van der Waals surface area contributed by atoms with Crippen molar-refractivity contribution in [3.63, 3.8) is 0 Å². The van der Waals surface area contributed by atoms with Gasteiger partial charge in [-0.3, -0.25) is 0 Å². The Balaban J connectivity index is 1.62. The quantitative estimate of drug-likeness (QED) is 0.586. The molecule has 1 atom stereocenters. The van der Waals surface area contributed by atoms with Gasteiger partial charge in [0.25, 0.3) is 0 Å². The number of fused-ring (bicyclic) bond motifs is 1. The van der Waals surface area contributed by atoms with Crippen molar-refractivity contribution in [2.75, 3.05) is 24.5 Å². The number of anilines is 1. The number of hydrogen-bond donors (Lipinski definition) is 0. The van der Waals surface area contributed by atoms with Crippen LogP contribution in [0.2, 0.25) is 0 Å². The summed E-state index contributed by atoms with van der Waals surface area (Å²) in [5.41, 5.74) is 0.346. The van der Waals surface area contributed by atoms with Gasteiger partial charge in [0.15, 0.2) is 0 Å². The molecule has 0 unspecified atom stereocenters. The smallest absolute Gasteiger partial charge is 0.410 e. The number of carbonyl (C=O) groups excluding carboxylic acids is 1. The summed E-state index contributed by atoms with van der Waals surface area (Å²) in [7, 11) is 0. The summed E-state index contributed by atoms with van der Waals surface area (Å²) in [5, 5.41) is 0.770. The predicted octanol–water partition coefficient (Wildman–Crippen LogP) is 4.45. The molecule has 4 rings (SSSR count). The van der Waals surface area contributed by atoms with E-state index in [-0.39, 0.29) is 17.7 Å². The van der Waals surface area contributed by atoms with Gasteiger partial charge in [-0.2, -0.15) is 0 Å². The topological polar surface area (TPSA) is 63.5 Å². The lowest BCUT2D eigenvalue weighted by Crippen LogP contribution is -2.54. The number of rotatable bonds is 2. The van der Waals surface area contributed by atoms with Crippen LogP contribution in [0.4, 0.5) is 19.4 Å². The first kappa shape index (κ1) is 22.0. The average molecular weight is 443 g/mol. The minimum absolute atomic E-state index is 0.00742. The van der Waals surface area contributed by atoms with Crippen LogP contribution < -0.4 is 4.90 Å². The van der Waals surface area contributed by atoms with Crippen LogP contribution in [-0.4, -0.2) is 56.8 Å². The second-order valence-corrected chi connectivity index (χ2v) is 9.12. The summed E-state index contributed by atoms with van der Waals surface area (Å²) in [6.07, 6.45) is 2.85. The fourth-order valence-corrected chi connectivity index (χ4v) is 3.91. The van der Waals surface area contributed by atoms with Gasteiger partial charge in [0.2, 0.25) is 0 Å². The number of benzene rings is 1. The van der Waals surface area contributed by atoms with Crippen LogP contribution in [0.25, 0.3) is 16.7 Å². The molecule has 32 heavy (non-hydrogen) atoms. The molecule has 2 aromatic heterocycles. The van der Waals surface area contributed by atoms with Crippen LogP contribution in [-0.2, 0) is 4.74 Å². The number of aromatic nitrogens is 3. The standard InChI is InChI=1S/C23H27F2N5O2/c1-14-12-28(22(31)32-23(3,4)5)8-9-29(14)20-17-6-7-30(21(17)27-13-26-20)16-10-18(24)15(2)19(25)11-16/h6-7,10-11,13-14H,8-9,12H2,1-5H3/t14-/m0/s1. The van der Waals surface area contributed by atoms with Crippen molar-refractivity contribution >= 4 is 22.9 Å². The number of ether oxygens (including phenoxy) is 1. The highest BCUT2D eigenvalue weighted by molar-refractivity contribution is 5.89. The van der Waals surface area contributed by atoms with E-state index in [2.05, 4.69) is 14.9 Å². The minimum Gasteiger partial charge on any atom is -0.444 e. The molecule has 1 aromatic carbocycles. The molecular formula is C23H27F2N5O2. The summed E-state index contributed by atoms with van der Waals surface area (Å²) in [5.74, 6) is -0.496. The van der Waals surface area contributed by atoms with Crippen molar-refractivity contribution < 1.29 is 18.3 Å². The molecule has 1 saturated heterocycles. The molecule has 9 heteroatoms. The number of amides is 1. The van der Waals surface area contributed by atoms with Gasteiger partial charge in [-0.1, -0.05) is 0 Å². The van der Waals surface area contributed by atoms with E-state index < -0.39 is 17.2 Å². The Kier molecular flexibility index (Phi) is 5.52. The summed E-state index contributed by atoms with van der Waals surface area (Å²) in [6, 6.07) is 4.42. The number of hydrogen-bond acceptors (Lipinski definition) is 5. The van der Waals surface area contributed by atoms with Crippen LogP contribution in [0.1, 0.15) is 33.3 Å². The van der Waals surface area contributed by atoms with Crippen molar-refractivity contribution in [1.82, 2.24) is 19.4 Å². The maximum atomic E-state index is 14.1. The molecule has 7 nitrogen and oxygen atoms in total. The number of piperazine rings is 1. The molecule has 1 amide bonds. The maximum absolute atomic E-state index is 14.1. The van der Waals surface area contributed by atoms with Crippen molar-refractivity contribution in [2.24, 2.45) is 0 Å². The fourth-order valence-electron chi connectivity index (χ4n) is 3.91. The van der Waals surface area contributed by atoms with Crippen LogP contribution in [0.3, 0.4) is 0 Å². The van der Waals surface area contributed by atoms with Crippen molar-refractivity contribution in [3.05, 3.63) is 47.9 Å². The normalized spacial score (nSPS) is 17.2. The van der Waals surface area contributed by atoms with Gasteiger partial charge in [0, 0.05) is 37.4 Å². The van der Waals surface area contributed by atoms with Crippen LogP contribution in [0.5, 0.6) is 0 Å². The van der Waals surface area contributed by atoms with E-state index in [9.17, 15) is 13.6 Å². The zero-order chi connectivity index (χ0) is 23.2. The Morgan fingerprint density at radius 3 is 2.47 bits per heavy atom. The van der Waals surface area contributed by atoms with E-state index in [0.717, 1.165) is 11.2 Å². The van der Waals surface area contributed by atoms with Crippen LogP contribution in [0.15, 0.2) is 30.7 Å². The van der Waals surface area contributed by atoms with E-state index in [1.54, 1.807) is 15.7 Å². The maximum Gasteiger partial charge on any atom is 0.410 e. The Hall–Kier alpha value is -3.23. The molecule has 1 aliphatic heterocycles. The van der Waals surface area contributed by atoms with Gasteiger partial charge in [0.1, 0.15) is 35.0 Å². The van der Waals surface area contributed by atoms with Gasteiger partial charge < -0.3 is 19.1 Å².